The van der Waals surface area contributed by atoms with Crippen molar-refractivity contribution in [3.05, 3.63) is 93.0 Å². The number of amidine groups is 1. The fourth-order valence-corrected chi connectivity index (χ4v) is 3.62. The summed E-state index contributed by atoms with van der Waals surface area (Å²) in [5.41, 5.74) is 3.50. The van der Waals surface area contributed by atoms with Crippen LogP contribution >= 0.6 is 0 Å². The van der Waals surface area contributed by atoms with Gasteiger partial charge in [0.15, 0.2) is 0 Å². The third-order valence-corrected chi connectivity index (χ3v) is 5.12. The molecule has 5 N–H and O–H groups in total. The first-order valence-corrected chi connectivity index (χ1v) is 9.84. The van der Waals surface area contributed by atoms with Crippen LogP contribution in [0.2, 0.25) is 0 Å². The van der Waals surface area contributed by atoms with Gasteiger partial charge in [-0.05, 0) is 48.7 Å². The summed E-state index contributed by atoms with van der Waals surface area (Å²) >= 11 is 0. The number of H-pyrrole nitrogens is 1. The number of nitrogens with one attached hydrogen (secondary N) is 2. The van der Waals surface area contributed by atoms with E-state index in [-0.39, 0.29) is 18.9 Å². The molecule has 0 bridgehead atoms. The summed E-state index contributed by atoms with van der Waals surface area (Å²) in [5.74, 6) is -0.606. The summed E-state index contributed by atoms with van der Waals surface area (Å²) < 4.78 is 6.90. The van der Waals surface area contributed by atoms with Gasteiger partial charge in [-0.2, -0.15) is 0 Å². The van der Waals surface area contributed by atoms with Crippen LogP contribution in [-0.4, -0.2) is 38.1 Å². The number of aromatic amines is 1. The van der Waals surface area contributed by atoms with Crippen molar-refractivity contribution in [1.82, 2.24) is 14.5 Å². The minimum Gasteiger partial charge on any atom is -0.494 e. The number of ether oxygens (including phenoxy) is 1. The molecule has 10 nitrogen and oxygen atoms in total. The van der Waals surface area contributed by atoms with Gasteiger partial charge in [-0.1, -0.05) is 6.07 Å². The molecular weight excluding hydrogens is 414 g/mol. The van der Waals surface area contributed by atoms with Gasteiger partial charge in [-0.25, -0.2) is 0 Å². The highest BCUT2D eigenvalue weighted by atomic mass is 16.5. The van der Waals surface area contributed by atoms with Gasteiger partial charge in [0.2, 0.25) is 0 Å². The lowest BCUT2D eigenvalue weighted by molar-refractivity contribution is -0.139. The highest BCUT2D eigenvalue weighted by molar-refractivity contribution is 5.94. The lowest BCUT2D eigenvalue weighted by Crippen LogP contribution is -2.49. The van der Waals surface area contributed by atoms with E-state index in [9.17, 15) is 19.5 Å². The zero-order chi connectivity index (χ0) is 23.1. The van der Waals surface area contributed by atoms with Gasteiger partial charge in [0.1, 0.15) is 11.6 Å². The first kappa shape index (κ1) is 22.5. The van der Waals surface area contributed by atoms with E-state index >= 15 is 0 Å². The number of aromatic nitrogens is 3. The Morgan fingerprint density at radius 3 is 2.62 bits per heavy atom. The Kier molecular flexibility index (Phi) is 6.83. The number of nitrogens with zero attached hydrogens (tertiary/aromatic N) is 2. The van der Waals surface area contributed by atoms with Gasteiger partial charge in [0, 0.05) is 30.4 Å². The molecule has 0 radical (unpaired) electrons. The van der Waals surface area contributed by atoms with E-state index in [2.05, 4.69) is 9.97 Å². The van der Waals surface area contributed by atoms with E-state index in [1.54, 1.807) is 42.6 Å². The Hall–Kier alpha value is -4.21. The summed E-state index contributed by atoms with van der Waals surface area (Å²) in [6, 6.07) is 10.0. The van der Waals surface area contributed by atoms with E-state index in [4.69, 9.17) is 15.9 Å². The maximum absolute atomic E-state index is 12.7. The monoisotopic (exact) mass is 437 g/mol. The Bertz CT molecular complexity index is 1200. The van der Waals surface area contributed by atoms with E-state index in [0.29, 0.717) is 23.3 Å². The molecule has 166 valence electrons. The van der Waals surface area contributed by atoms with Crippen molar-refractivity contribution in [3.8, 4) is 5.75 Å². The third kappa shape index (κ3) is 4.91. The van der Waals surface area contributed by atoms with Gasteiger partial charge in [0.25, 0.3) is 0 Å². The molecule has 0 aliphatic heterocycles. The molecule has 1 unspecified atom stereocenters. The summed E-state index contributed by atoms with van der Waals surface area (Å²) in [6.07, 6.45) is 5.90. The van der Waals surface area contributed by atoms with Gasteiger partial charge in [-0.15, -0.1) is 0 Å². The predicted octanol–water partition coefficient (Wildman–Crippen LogP) is 1.29. The maximum Gasteiger partial charge on any atom is 0.317 e. The lowest BCUT2D eigenvalue weighted by atomic mass is 9.82. The van der Waals surface area contributed by atoms with Gasteiger partial charge in [0.05, 0.1) is 18.6 Å². The Balaban J connectivity index is 1.89. The summed E-state index contributed by atoms with van der Waals surface area (Å²) in [4.78, 5) is 42.9. The summed E-state index contributed by atoms with van der Waals surface area (Å²) in [6.45, 7) is 0.235. The average Bonchev–Trinajstić information content (AvgIpc) is 2.78. The smallest absolute Gasteiger partial charge is 0.317 e. The van der Waals surface area contributed by atoms with Crippen molar-refractivity contribution >= 4 is 11.8 Å². The van der Waals surface area contributed by atoms with Crippen LogP contribution in [0.1, 0.15) is 30.4 Å². The zero-order valence-electron chi connectivity index (χ0n) is 17.2. The summed E-state index contributed by atoms with van der Waals surface area (Å²) in [7, 11) is 0. The molecule has 0 fully saturated rings. The quantitative estimate of drug-likeness (QED) is 0.161. The molecule has 0 aliphatic carbocycles. The van der Waals surface area contributed by atoms with Gasteiger partial charge < -0.3 is 20.6 Å². The first-order valence-electron chi connectivity index (χ1n) is 9.84. The number of carbonyl (C=O) groups is 1. The minimum absolute atomic E-state index is 0.0465. The van der Waals surface area contributed by atoms with Crippen molar-refractivity contribution in [2.24, 2.45) is 5.73 Å². The minimum atomic E-state index is -1.33. The molecule has 0 saturated heterocycles. The SMILES string of the molecule is N=C(N)c1ccc(OCCCC(CC(=O)O)(c2cccnc2)n2cc[nH]c(=O)c2=O)cc1. The van der Waals surface area contributed by atoms with E-state index < -0.39 is 29.0 Å². The number of nitrogens with two attached hydrogens (primary N) is 1. The van der Waals surface area contributed by atoms with Crippen molar-refractivity contribution in [3.63, 3.8) is 0 Å². The van der Waals surface area contributed by atoms with E-state index in [1.807, 2.05) is 0 Å². The van der Waals surface area contributed by atoms with Crippen LogP contribution in [0.3, 0.4) is 0 Å². The first-order chi connectivity index (χ1) is 15.3. The number of hydrogen-bond acceptors (Lipinski definition) is 6. The highest BCUT2D eigenvalue weighted by Crippen LogP contribution is 2.33. The summed E-state index contributed by atoms with van der Waals surface area (Å²) in [5, 5.41) is 17.1. The van der Waals surface area contributed by atoms with Crippen molar-refractivity contribution in [2.75, 3.05) is 6.61 Å². The van der Waals surface area contributed by atoms with Crippen LogP contribution in [0.4, 0.5) is 0 Å². The molecule has 0 aliphatic rings. The van der Waals surface area contributed by atoms with Crippen LogP contribution in [0.5, 0.6) is 5.75 Å². The molecule has 2 heterocycles. The molecular formula is C22H23N5O5. The van der Waals surface area contributed by atoms with Crippen LogP contribution in [0.15, 0.2) is 70.8 Å². The molecule has 2 aromatic heterocycles. The second kappa shape index (κ2) is 9.73. The van der Waals surface area contributed by atoms with Gasteiger partial charge in [-0.3, -0.25) is 29.3 Å². The molecule has 0 spiro atoms. The highest BCUT2D eigenvalue weighted by Gasteiger charge is 2.38. The number of aliphatic carboxylic acids is 1. The molecule has 3 rings (SSSR count). The Morgan fingerprint density at radius 1 is 1.25 bits per heavy atom. The van der Waals surface area contributed by atoms with Crippen LogP contribution in [0, 0.1) is 5.41 Å². The number of carboxylic acid groups (broad SMARTS) is 1. The fraction of sp³-hybridized carbons (Fsp3) is 0.227. The Morgan fingerprint density at radius 2 is 2.00 bits per heavy atom. The van der Waals surface area contributed by atoms with E-state index in [0.717, 1.165) is 0 Å². The zero-order valence-corrected chi connectivity index (χ0v) is 17.2. The topological polar surface area (TPSA) is 164 Å². The largest absolute Gasteiger partial charge is 0.494 e. The average molecular weight is 437 g/mol. The van der Waals surface area contributed by atoms with Crippen LogP contribution in [-0.2, 0) is 10.3 Å². The molecule has 0 amide bonds. The van der Waals surface area contributed by atoms with Gasteiger partial charge >= 0.3 is 17.1 Å². The number of carboxylic acids is 1. The normalized spacial score (nSPS) is 12.6. The van der Waals surface area contributed by atoms with Crippen molar-refractivity contribution in [2.45, 2.75) is 24.8 Å². The fourth-order valence-electron chi connectivity index (χ4n) is 3.62. The number of rotatable bonds is 10. The van der Waals surface area contributed by atoms with Crippen LogP contribution < -0.4 is 21.6 Å². The number of pyridine rings is 1. The second-order valence-electron chi connectivity index (χ2n) is 7.20. The molecule has 0 saturated carbocycles. The number of benzene rings is 1. The van der Waals surface area contributed by atoms with E-state index in [1.165, 1.54) is 23.2 Å². The van der Waals surface area contributed by atoms with Crippen LogP contribution in [0.25, 0.3) is 0 Å². The number of hydrogen-bond donors (Lipinski definition) is 4. The lowest BCUT2D eigenvalue weighted by Gasteiger charge is -2.34. The predicted molar refractivity (Wildman–Crippen MR) is 117 cm³/mol. The third-order valence-electron chi connectivity index (χ3n) is 5.12. The molecule has 10 heteroatoms. The van der Waals surface area contributed by atoms with Crippen molar-refractivity contribution in [1.29, 1.82) is 5.41 Å². The Labute approximate surface area is 182 Å². The van der Waals surface area contributed by atoms with Crippen molar-refractivity contribution < 1.29 is 14.6 Å². The second-order valence-corrected chi connectivity index (χ2v) is 7.20. The molecule has 1 aromatic carbocycles. The molecule has 1 atom stereocenters. The number of nitrogen functional groups attached to an aromatic ring is 1. The standard InChI is InChI=1S/C22H23N5O5/c23-19(24)15-4-6-17(7-5-15)32-12-2-8-22(13-18(28)29,16-3-1-9-25-14-16)27-11-10-26-20(30)21(27)31/h1,3-7,9-11,14H,2,8,12-13H2,(H3,23,24)(H,26,30)(H,28,29). The molecule has 3 aromatic rings. The maximum atomic E-state index is 12.7. The molecule has 32 heavy (non-hydrogen) atoms.